The van der Waals surface area contributed by atoms with E-state index in [1.807, 2.05) is 58.0 Å². The van der Waals surface area contributed by atoms with Crippen LogP contribution in [0, 0.1) is 17.8 Å². The zero-order chi connectivity index (χ0) is 40.7. The highest BCUT2D eigenvalue weighted by molar-refractivity contribution is 5.88. The van der Waals surface area contributed by atoms with Gasteiger partial charge in [-0.15, -0.1) is 0 Å². The Balaban J connectivity index is 0.00000513. The standard InChI is InChI=1S/C36H59N5O7.C3H8.CH4O/c1-10-24(4)33(40(7)31(44)21-38-36(46)32(37-6)23(2)3)29(47-8)20-30(43)41-18-14-17-28(41)34(48-9)25(5)35(45)39-27(22-42)19-26-15-12-11-13-16-26;1-3-2;1-2/h11-13,15-16,22-25,27-29,32-34,37H,10,14,17-21H2,1-9H3,(H,38,46)(H,39,45);3H2,1-2H3;2H,1H3. The first kappa shape index (κ1) is 49.6. The number of hydrogen-bond acceptors (Lipinski definition) is 9. The van der Waals surface area contributed by atoms with Gasteiger partial charge in [0.15, 0.2) is 0 Å². The number of carbonyl (C=O) groups excluding carboxylic acids is 5. The second kappa shape index (κ2) is 27.2. The van der Waals surface area contributed by atoms with Gasteiger partial charge < -0.3 is 45.1 Å². The van der Waals surface area contributed by atoms with Gasteiger partial charge >= 0.3 is 0 Å². The molecule has 53 heavy (non-hydrogen) atoms. The van der Waals surface area contributed by atoms with Crippen LogP contribution >= 0.6 is 0 Å². The highest BCUT2D eigenvalue weighted by atomic mass is 16.5. The zero-order valence-corrected chi connectivity index (χ0v) is 34.5. The fraction of sp³-hybridized carbons (Fsp3) is 0.725. The lowest BCUT2D eigenvalue weighted by Crippen LogP contribution is -2.55. The third-order valence-corrected chi connectivity index (χ3v) is 9.77. The summed E-state index contributed by atoms with van der Waals surface area (Å²) in [5.41, 5.74) is 0.937. The van der Waals surface area contributed by atoms with Gasteiger partial charge in [-0.05, 0) is 43.7 Å². The van der Waals surface area contributed by atoms with Crippen molar-refractivity contribution in [3.63, 3.8) is 0 Å². The van der Waals surface area contributed by atoms with Crippen molar-refractivity contribution in [3.8, 4) is 0 Å². The van der Waals surface area contributed by atoms with E-state index < -0.39 is 36.3 Å². The van der Waals surface area contributed by atoms with Crippen LogP contribution in [-0.2, 0) is 39.9 Å². The summed E-state index contributed by atoms with van der Waals surface area (Å²) in [7, 11) is 7.47. The Morgan fingerprint density at radius 3 is 2.09 bits per heavy atom. The Morgan fingerprint density at radius 2 is 1.60 bits per heavy atom. The number of nitrogens with one attached hydrogen (secondary N) is 3. The average Bonchev–Trinajstić information content (AvgIpc) is 3.64. The lowest BCUT2D eigenvalue weighted by molar-refractivity contribution is -0.146. The smallest absolute Gasteiger partial charge is 0.242 e. The number of hydrogen-bond donors (Lipinski definition) is 4. The monoisotopic (exact) mass is 750 g/mol. The molecule has 0 spiro atoms. The fourth-order valence-corrected chi connectivity index (χ4v) is 6.81. The molecule has 0 radical (unpaired) electrons. The Hall–Kier alpha value is -3.39. The van der Waals surface area contributed by atoms with Crippen LogP contribution in [0.2, 0.25) is 0 Å². The predicted molar refractivity (Wildman–Crippen MR) is 209 cm³/mol. The number of aliphatic hydroxyl groups is 1. The summed E-state index contributed by atoms with van der Waals surface area (Å²) in [5.74, 6) is -1.57. The summed E-state index contributed by atoms with van der Waals surface area (Å²) in [6, 6.07) is 7.60. The first-order valence-corrected chi connectivity index (χ1v) is 19.1. The summed E-state index contributed by atoms with van der Waals surface area (Å²) in [6.07, 6.45) is 3.36. The molecule has 2 rings (SSSR count). The van der Waals surface area contributed by atoms with Crippen molar-refractivity contribution in [2.75, 3.05) is 48.5 Å². The van der Waals surface area contributed by atoms with Crippen molar-refractivity contribution in [1.82, 2.24) is 25.8 Å². The number of nitrogens with zero attached hydrogens (tertiary/aromatic N) is 2. The molecular formula is C40H71N5O8. The molecule has 1 fully saturated rings. The first-order chi connectivity index (χ1) is 25.3. The Labute approximate surface area is 319 Å². The predicted octanol–water partition coefficient (Wildman–Crippen LogP) is 3.22. The number of ether oxygens (including phenoxy) is 2. The van der Waals surface area contributed by atoms with Crippen LogP contribution in [0.1, 0.15) is 86.1 Å². The van der Waals surface area contributed by atoms with Crippen molar-refractivity contribution in [2.45, 2.75) is 123 Å². The van der Waals surface area contributed by atoms with E-state index >= 15 is 0 Å². The van der Waals surface area contributed by atoms with Crippen molar-refractivity contribution in [3.05, 3.63) is 35.9 Å². The van der Waals surface area contributed by atoms with E-state index in [4.69, 9.17) is 14.6 Å². The molecule has 13 nitrogen and oxygen atoms in total. The van der Waals surface area contributed by atoms with Crippen molar-refractivity contribution < 1.29 is 38.6 Å². The van der Waals surface area contributed by atoms with Crippen LogP contribution in [0.25, 0.3) is 0 Å². The number of amides is 4. The second-order valence-electron chi connectivity index (χ2n) is 14.0. The first-order valence-electron chi connectivity index (χ1n) is 19.1. The molecule has 1 aromatic rings. The third kappa shape index (κ3) is 15.9. The lowest BCUT2D eigenvalue weighted by Gasteiger charge is -2.39. The fourth-order valence-electron chi connectivity index (χ4n) is 6.81. The van der Waals surface area contributed by atoms with Gasteiger partial charge in [-0.25, -0.2) is 0 Å². The van der Waals surface area contributed by atoms with Gasteiger partial charge in [-0.1, -0.05) is 91.6 Å². The number of carbonyl (C=O) groups is 5. The van der Waals surface area contributed by atoms with E-state index in [1.54, 1.807) is 30.8 Å². The maximum absolute atomic E-state index is 13.9. The van der Waals surface area contributed by atoms with E-state index in [2.05, 4.69) is 29.8 Å². The summed E-state index contributed by atoms with van der Waals surface area (Å²) in [6.45, 7) is 14.2. The van der Waals surface area contributed by atoms with Gasteiger partial charge in [0.25, 0.3) is 0 Å². The number of likely N-dealkylation sites (tertiary alicyclic amines) is 1. The molecule has 13 heteroatoms. The molecule has 8 unspecified atom stereocenters. The molecule has 0 bridgehead atoms. The van der Waals surface area contributed by atoms with Gasteiger partial charge in [0, 0.05) is 34.9 Å². The minimum Gasteiger partial charge on any atom is -0.400 e. The highest BCUT2D eigenvalue weighted by Gasteiger charge is 2.42. The van der Waals surface area contributed by atoms with Crippen molar-refractivity contribution in [1.29, 1.82) is 0 Å². The van der Waals surface area contributed by atoms with E-state index in [9.17, 15) is 24.0 Å². The van der Waals surface area contributed by atoms with Crippen LogP contribution in [0.15, 0.2) is 30.3 Å². The molecule has 0 aliphatic carbocycles. The molecule has 1 saturated heterocycles. The molecule has 0 aromatic heterocycles. The molecule has 1 aromatic carbocycles. The van der Waals surface area contributed by atoms with Crippen LogP contribution in [0.4, 0.5) is 0 Å². The van der Waals surface area contributed by atoms with Crippen molar-refractivity contribution in [2.24, 2.45) is 17.8 Å². The Bertz CT molecular complexity index is 1200. The van der Waals surface area contributed by atoms with E-state index in [1.165, 1.54) is 20.6 Å². The molecule has 0 saturated carbocycles. The quantitative estimate of drug-likeness (QED) is 0.147. The molecule has 1 aliphatic heterocycles. The molecule has 1 aliphatic rings. The molecule has 8 atom stereocenters. The minimum absolute atomic E-state index is 0.000379. The number of aliphatic hydroxyl groups excluding tert-OH is 1. The molecular weight excluding hydrogens is 678 g/mol. The van der Waals surface area contributed by atoms with Crippen molar-refractivity contribution >= 4 is 29.9 Å². The molecule has 1 heterocycles. The van der Waals surface area contributed by atoms with Crippen LogP contribution < -0.4 is 16.0 Å². The zero-order valence-electron chi connectivity index (χ0n) is 34.5. The molecule has 4 amide bonds. The Kier molecular flexibility index (Phi) is 25.5. The maximum Gasteiger partial charge on any atom is 0.242 e. The van der Waals surface area contributed by atoms with Gasteiger partial charge in [0.05, 0.1) is 55.3 Å². The van der Waals surface area contributed by atoms with Gasteiger partial charge in [-0.2, -0.15) is 0 Å². The number of aldehydes is 1. The summed E-state index contributed by atoms with van der Waals surface area (Å²) >= 11 is 0. The summed E-state index contributed by atoms with van der Waals surface area (Å²) in [4.78, 5) is 68.4. The second-order valence-corrected chi connectivity index (χ2v) is 14.0. The van der Waals surface area contributed by atoms with E-state index in [0.717, 1.165) is 31.8 Å². The van der Waals surface area contributed by atoms with Gasteiger partial charge in [-0.3, -0.25) is 19.2 Å². The normalized spacial score (nSPS) is 17.7. The minimum atomic E-state index is -0.686. The lowest BCUT2D eigenvalue weighted by atomic mass is 9.90. The summed E-state index contributed by atoms with van der Waals surface area (Å²) in [5, 5.41) is 15.6. The van der Waals surface area contributed by atoms with Crippen LogP contribution in [-0.4, -0.2) is 130 Å². The third-order valence-electron chi connectivity index (χ3n) is 9.77. The summed E-state index contributed by atoms with van der Waals surface area (Å²) < 4.78 is 11.7. The molecule has 4 N–H and O–H groups in total. The number of methoxy groups -OCH3 is 2. The SMILES string of the molecule is CCC.CCC(C)C(C(CC(=O)N1CCCC1C(OC)C(C)C(=O)NC(C=O)Cc1ccccc1)OC)N(C)C(=O)CNC(=O)C(NC)C(C)C.CO. The number of rotatable bonds is 20. The topological polar surface area (TPSA) is 167 Å². The maximum atomic E-state index is 13.9. The van der Waals surface area contributed by atoms with E-state index in [-0.39, 0.29) is 54.5 Å². The van der Waals surface area contributed by atoms with Gasteiger partial charge in [0.2, 0.25) is 23.6 Å². The number of benzene rings is 1. The molecule has 304 valence electrons. The highest BCUT2D eigenvalue weighted by Crippen LogP contribution is 2.29. The van der Waals surface area contributed by atoms with Gasteiger partial charge in [0.1, 0.15) is 6.29 Å². The van der Waals surface area contributed by atoms with Crippen LogP contribution in [0.5, 0.6) is 0 Å². The average molecular weight is 750 g/mol. The van der Waals surface area contributed by atoms with Crippen LogP contribution in [0.3, 0.4) is 0 Å². The number of likely N-dealkylation sites (N-methyl/N-ethyl adjacent to an activating group) is 2. The Morgan fingerprint density at radius 1 is 1.00 bits per heavy atom. The van der Waals surface area contributed by atoms with E-state index in [0.29, 0.717) is 19.4 Å². The largest absolute Gasteiger partial charge is 0.400 e.